The summed E-state index contributed by atoms with van der Waals surface area (Å²) in [5.74, 6) is 5.00. The molecular formula is C10H10FN3. The van der Waals surface area contributed by atoms with Crippen molar-refractivity contribution in [2.45, 2.75) is 6.92 Å². The van der Waals surface area contributed by atoms with Crippen LogP contribution in [0.2, 0.25) is 0 Å². The van der Waals surface area contributed by atoms with Crippen molar-refractivity contribution in [1.82, 2.24) is 4.98 Å². The maximum atomic E-state index is 13.4. The number of anilines is 1. The number of nitrogen functional groups attached to an aromatic ring is 1. The highest BCUT2D eigenvalue weighted by molar-refractivity contribution is 5.91. The van der Waals surface area contributed by atoms with E-state index < -0.39 is 0 Å². The maximum Gasteiger partial charge on any atom is 0.149 e. The Morgan fingerprint density at radius 3 is 2.93 bits per heavy atom. The lowest BCUT2D eigenvalue weighted by molar-refractivity contribution is 0.636. The number of hydrogen-bond acceptors (Lipinski definition) is 3. The van der Waals surface area contributed by atoms with Gasteiger partial charge in [-0.25, -0.2) is 9.37 Å². The van der Waals surface area contributed by atoms with Crippen molar-refractivity contribution in [2.24, 2.45) is 5.84 Å². The number of para-hydroxylation sites is 1. The third-order valence-electron chi connectivity index (χ3n) is 2.07. The average Bonchev–Trinajstić information content (AvgIpc) is 2.18. The number of hydrazine groups is 1. The van der Waals surface area contributed by atoms with Gasteiger partial charge in [0.2, 0.25) is 0 Å². The fourth-order valence-electron chi connectivity index (χ4n) is 1.46. The maximum absolute atomic E-state index is 13.4. The predicted octanol–water partition coefficient (Wildman–Crippen LogP) is 1.97. The Morgan fingerprint density at radius 2 is 2.21 bits per heavy atom. The van der Waals surface area contributed by atoms with Gasteiger partial charge in [-0.15, -0.1) is 0 Å². The van der Waals surface area contributed by atoms with Crippen LogP contribution in [0.1, 0.15) is 5.69 Å². The van der Waals surface area contributed by atoms with E-state index in [1.165, 1.54) is 6.07 Å². The van der Waals surface area contributed by atoms with Gasteiger partial charge in [-0.3, -0.25) is 5.84 Å². The summed E-state index contributed by atoms with van der Waals surface area (Å²) in [4.78, 5) is 4.11. The molecule has 72 valence electrons. The summed E-state index contributed by atoms with van der Waals surface area (Å²) >= 11 is 0. The third kappa shape index (κ3) is 1.29. The van der Waals surface area contributed by atoms with Crippen LogP contribution in [0.3, 0.4) is 0 Å². The minimum absolute atomic E-state index is 0.331. The van der Waals surface area contributed by atoms with Gasteiger partial charge in [-0.05, 0) is 19.1 Å². The predicted molar refractivity (Wildman–Crippen MR) is 54.2 cm³/mol. The summed E-state index contributed by atoms with van der Waals surface area (Å²) in [6.07, 6.45) is 0. The number of nitrogens with one attached hydrogen (secondary N) is 1. The van der Waals surface area contributed by atoms with Gasteiger partial charge in [0.05, 0.1) is 5.69 Å². The first-order valence-electron chi connectivity index (χ1n) is 4.25. The van der Waals surface area contributed by atoms with E-state index in [1.807, 2.05) is 0 Å². The summed E-state index contributed by atoms with van der Waals surface area (Å²) < 4.78 is 13.4. The van der Waals surface area contributed by atoms with Crippen molar-refractivity contribution in [1.29, 1.82) is 0 Å². The normalized spacial score (nSPS) is 10.5. The smallest absolute Gasteiger partial charge is 0.149 e. The fourth-order valence-corrected chi connectivity index (χ4v) is 1.46. The van der Waals surface area contributed by atoms with E-state index in [0.717, 1.165) is 5.69 Å². The lowest BCUT2D eigenvalue weighted by atomic mass is 10.1. The highest BCUT2D eigenvalue weighted by Crippen LogP contribution is 2.23. The van der Waals surface area contributed by atoms with Crippen LogP contribution in [0, 0.1) is 12.7 Å². The molecule has 1 heterocycles. The molecule has 0 saturated heterocycles. The Hall–Kier alpha value is -1.68. The van der Waals surface area contributed by atoms with Crippen molar-refractivity contribution in [3.8, 4) is 0 Å². The highest BCUT2D eigenvalue weighted by Gasteiger charge is 2.06. The fraction of sp³-hybridized carbons (Fsp3) is 0.100. The highest BCUT2D eigenvalue weighted by atomic mass is 19.1. The first-order valence-corrected chi connectivity index (χ1v) is 4.25. The zero-order valence-electron chi connectivity index (χ0n) is 7.71. The standard InChI is InChI=1S/C10H10FN3/c1-6-5-9(14-12)7-3-2-4-8(11)10(7)13-6/h2-5H,12H2,1H3,(H,13,14). The van der Waals surface area contributed by atoms with Gasteiger partial charge in [0.15, 0.2) is 0 Å². The SMILES string of the molecule is Cc1cc(NN)c2cccc(F)c2n1. The molecule has 1 aromatic carbocycles. The van der Waals surface area contributed by atoms with Crippen LogP contribution in [0.5, 0.6) is 0 Å². The molecule has 0 radical (unpaired) electrons. The zero-order chi connectivity index (χ0) is 10.1. The number of hydrogen-bond donors (Lipinski definition) is 2. The average molecular weight is 191 g/mol. The first-order chi connectivity index (χ1) is 6.72. The molecule has 4 heteroatoms. The molecule has 0 aliphatic carbocycles. The summed E-state index contributed by atoms with van der Waals surface area (Å²) in [5.41, 5.74) is 4.30. The molecule has 1 aromatic heterocycles. The van der Waals surface area contributed by atoms with E-state index in [0.29, 0.717) is 16.6 Å². The van der Waals surface area contributed by atoms with Gasteiger partial charge < -0.3 is 5.43 Å². The monoisotopic (exact) mass is 191 g/mol. The minimum Gasteiger partial charge on any atom is -0.323 e. The quantitative estimate of drug-likeness (QED) is 0.535. The van der Waals surface area contributed by atoms with Crippen molar-refractivity contribution in [3.63, 3.8) is 0 Å². The van der Waals surface area contributed by atoms with Crippen LogP contribution in [0.15, 0.2) is 24.3 Å². The molecule has 2 rings (SSSR count). The molecule has 0 unspecified atom stereocenters. The minimum atomic E-state index is -0.331. The molecule has 0 saturated carbocycles. The van der Waals surface area contributed by atoms with E-state index in [-0.39, 0.29) is 5.82 Å². The Balaban J connectivity index is 2.87. The largest absolute Gasteiger partial charge is 0.323 e. The van der Waals surface area contributed by atoms with Gasteiger partial charge in [0.1, 0.15) is 11.3 Å². The number of rotatable bonds is 1. The van der Waals surface area contributed by atoms with E-state index in [9.17, 15) is 4.39 Å². The molecule has 0 atom stereocenters. The van der Waals surface area contributed by atoms with E-state index in [2.05, 4.69) is 10.4 Å². The first kappa shape index (κ1) is 8.90. The van der Waals surface area contributed by atoms with Gasteiger partial charge in [-0.2, -0.15) is 0 Å². The number of fused-ring (bicyclic) bond motifs is 1. The number of pyridine rings is 1. The Kier molecular flexibility index (Phi) is 2.05. The topological polar surface area (TPSA) is 50.9 Å². The van der Waals surface area contributed by atoms with Gasteiger partial charge in [0.25, 0.3) is 0 Å². The molecule has 0 aliphatic heterocycles. The molecule has 0 aliphatic rings. The molecule has 3 N–H and O–H groups in total. The van der Waals surface area contributed by atoms with Crippen LogP contribution in [-0.2, 0) is 0 Å². The van der Waals surface area contributed by atoms with Gasteiger partial charge in [-0.1, -0.05) is 12.1 Å². The van der Waals surface area contributed by atoms with Gasteiger partial charge >= 0.3 is 0 Å². The van der Waals surface area contributed by atoms with Crippen LogP contribution in [0.25, 0.3) is 10.9 Å². The second kappa shape index (κ2) is 3.23. The van der Waals surface area contributed by atoms with Crippen molar-refractivity contribution in [2.75, 3.05) is 5.43 Å². The zero-order valence-corrected chi connectivity index (χ0v) is 7.71. The van der Waals surface area contributed by atoms with Crippen molar-refractivity contribution < 1.29 is 4.39 Å². The van der Waals surface area contributed by atoms with Crippen LogP contribution in [-0.4, -0.2) is 4.98 Å². The molecular weight excluding hydrogens is 181 g/mol. The second-order valence-electron chi connectivity index (χ2n) is 3.09. The van der Waals surface area contributed by atoms with Crippen LogP contribution < -0.4 is 11.3 Å². The van der Waals surface area contributed by atoms with Crippen LogP contribution in [0.4, 0.5) is 10.1 Å². The lowest BCUT2D eigenvalue weighted by Gasteiger charge is -2.06. The van der Waals surface area contributed by atoms with Crippen molar-refractivity contribution in [3.05, 3.63) is 35.8 Å². The number of nitrogens with zero attached hydrogens (tertiary/aromatic N) is 1. The summed E-state index contributed by atoms with van der Waals surface area (Å²) in [6.45, 7) is 1.80. The lowest BCUT2D eigenvalue weighted by Crippen LogP contribution is -2.08. The summed E-state index contributed by atoms with van der Waals surface area (Å²) in [6, 6.07) is 6.58. The molecule has 0 bridgehead atoms. The molecule has 0 amide bonds. The second-order valence-corrected chi connectivity index (χ2v) is 3.09. The summed E-state index contributed by atoms with van der Waals surface area (Å²) in [7, 11) is 0. The Morgan fingerprint density at radius 1 is 1.43 bits per heavy atom. The van der Waals surface area contributed by atoms with E-state index >= 15 is 0 Å². The molecule has 14 heavy (non-hydrogen) atoms. The summed E-state index contributed by atoms with van der Waals surface area (Å²) in [5, 5.41) is 0.693. The molecule has 0 fully saturated rings. The number of aryl methyl sites for hydroxylation is 1. The molecule has 3 nitrogen and oxygen atoms in total. The number of aromatic nitrogens is 1. The van der Waals surface area contributed by atoms with Crippen molar-refractivity contribution >= 4 is 16.6 Å². The Labute approximate surface area is 80.7 Å². The Bertz CT molecular complexity index is 482. The number of halogens is 1. The van der Waals surface area contributed by atoms with Crippen LogP contribution >= 0.6 is 0 Å². The van der Waals surface area contributed by atoms with E-state index in [4.69, 9.17) is 5.84 Å². The number of nitrogens with two attached hydrogens (primary N) is 1. The number of benzene rings is 1. The third-order valence-corrected chi connectivity index (χ3v) is 2.07. The van der Waals surface area contributed by atoms with Gasteiger partial charge in [0, 0.05) is 11.1 Å². The molecule has 0 spiro atoms. The molecule has 2 aromatic rings. The van der Waals surface area contributed by atoms with E-state index in [1.54, 1.807) is 25.1 Å².